The molecule has 0 aromatic heterocycles. The van der Waals surface area contributed by atoms with Crippen LogP contribution in [-0.2, 0) is 4.74 Å². The largest absolute Gasteiger partial charge is 0.501 e. The van der Waals surface area contributed by atoms with Gasteiger partial charge in [-0.2, -0.15) is 0 Å². The van der Waals surface area contributed by atoms with Crippen LogP contribution < -0.4 is 5.32 Å². The molecule has 1 N–H and O–H groups in total. The Balaban J connectivity index is 2.48. The Morgan fingerprint density at radius 1 is 1.73 bits per heavy atom. The van der Waals surface area contributed by atoms with Gasteiger partial charge in [-0.05, 0) is 31.9 Å². The Labute approximate surface area is 68.6 Å². The maximum Gasteiger partial charge on any atom is 0.0876 e. The minimum Gasteiger partial charge on any atom is -0.501 e. The first-order valence-corrected chi connectivity index (χ1v) is 4.36. The quantitative estimate of drug-likeness (QED) is 0.669. The molecule has 0 aliphatic carbocycles. The van der Waals surface area contributed by atoms with Crippen molar-refractivity contribution in [2.24, 2.45) is 0 Å². The molecule has 2 heteroatoms. The van der Waals surface area contributed by atoms with E-state index in [9.17, 15) is 0 Å². The Morgan fingerprint density at radius 3 is 3.00 bits per heavy atom. The predicted octanol–water partition coefficient (Wildman–Crippen LogP) is 1.68. The zero-order valence-corrected chi connectivity index (χ0v) is 7.39. The van der Waals surface area contributed by atoms with Crippen LogP contribution in [0.25, 0.3) is 0 Å². The van der Waals surface area contributed by atoms with Crippen LogP contribution in [0.4, 0.5) is 0 Å². The Hall–Kier alpha value is -0.500. The van der Waals surface area contributed by atoms with Gasteiger partial charge < -0.3 is 10.1 Å². The fourth-order valence-electron chi connectivity index (χ4n) is 1.49. The normalized spacial score (nSPS) is 20.4. The van der Waals surface area contributed by atoms with E-state index in [0.717, 1.165) is 13.0 Å². The molecule has 1 aliphatic rings. The fourth-order valence-corrected chi connectivity index (χ4v) is 1.49. The molecule has 0 radical (unpaired) electrons. The fraction of sp³-hybridized carbons (Fsp3) is 0.778. The van der Waals surface area contributed by atoms with Gasteiger partial charge in [-0.15, -0.1) is 0 Å². The van der Waals surface area contributed by atoms with Crippen LogP contribution >= 0.6 is 0 Å². The second-order valence-electron chi connectivity index (χ2n) is 2.92. The standard InChI is InChI=1S/C9H17NO/c1-3-9(10-2)8-5-4-6-11-7-8/h7,9-10H,3-6H2,1-2H3. The highest BCUT2D eigenvalue weighted by Gasteiger charge is 2.12. The molecule has 1 rings (SSSR count). The summed E-state index contributed by atoms with van der Waals surface area (Å²) in [5.74, 6) is 0. The van der Waals surface area contributed by atoms with Gasteiger partial charge in [0.15, 0.2) is 0 Å². The van der Waals surface area contributed by atoms with Crippen molar-refractivity contribution in [3.05, 3.63) is 11.8 Å². The number of likely N-dealkylation sites (N-methyl/N-ethyl adjacent to an activating group) is 1. The molecule has 0 bridgehead atoms. The predicted molar refractivity (Wildman–Crippen MR) is 46.4 cm³/mol. The van der Waals surface area contributed by atoms with Crippen molar-refractivity contribution in [3.8, 4) is 0 Å². The summed E-state index contributed by atoms with van der Waals surface area (Å²) in [5, 5.41) is 3.27. The van der Waals surface area contributed by atoms with Crippen LogP contribution in [0.2, 0.25) is 0 Å². The summed E-state index contributed by atoms with van der Waals surface area (Å²) in [7, 11) is 2.00. The molecule has 0 aromatic carbocycles. The molecule has 1 heterocycles. The summed E-state index contributed by atoms with van der Waals surface area (Å²) in [4.78, 5) is 0. The minimum atomic E-state index is 0.523. The number of ether oxygens (including phenoxy) is 1. The van der Waals surface area contributed by atoms with Crippen LogP contribution in [0.5, 0.6) is 0 Å². The number of hydrogen-bond acceptors (Lipinski definition) is 2. The molecule has 64 valence electrons. The molecule has 0 fully saturated rings. The van der Waals surface area contributed by atoms with Gasteiger partial charge in [0.2, 0.25) is 0 Å². The number of nitrogens with one attached hydrogen (secondary N) is 1. The van der Waals surface area contributed by atoms with Gasteiger partial charge in [-0.3, -0.25) is 0 Å². The average molecular weight is 155 g/mol. The molecular weight excluding hydrogens is 138 g/mol. The van der Waals surface area contributed by atoms with Gasteiger partial charge in [-0.25, -0.2) is 0 Å². The molecular formula is C9H17NO. The van der Waals surface area contributed by atoms with E-state index in [1.54, 1.807) is 0 Å². The Bertz CT molecular complexity index is 138. The molecule has 1 unspecified atom stereocenters. The van der Waals surface area contributed by atoms with Gasteiger partial charge in [0.1, 0.15) is 0 Å². The van der Waals surface area contributed by atoms with E-state index in [-0.39, 0.29) is 0 Å². The number of rotatable bonds is 3. The van der Waals surface area contributed by atoms with Gasteiger partial charge in [0, 0.05) is 6.04 Å². The summed E-state index contributed by atoms with van der Waals surface area (Å²) in [6, 6.07) is 0.523. The van der Waals surface area contributed by atoms with Crippen molar-refractivity contribution in [2.75, 3.05) is 13.7 Å². The summed E-state index contributed by atoms with van der Waals surface area (Å²) >= 11 is 0. The summed E-state index contributed by atoms with van der Waals surface area (Å²) in [6.45, 7) is 3.08. The second kappa shape index (κ2) is 4.39. The lowest BCUT2D eigenvalue weighted by Gasteiger charge is -2.21. The summed E-state index contributed by atoms with van der Waals surface area (Å²) in [6.07, 6.45) is 5.43. The average Bonchev–Trinajstić information content (AvgIpc) is 2.09. The first kappa shape index (κ1) is 8.60. The zero-order valence-electron chi connectivity index (χ0n) is 7.39. The topological polar surface area (TPSA) is 21.3 Å². The van der Waals surface area contributed by atoms with E-state index < -0.39 is 0 Å². The second-order valence-corrected chi connectivity index (χ2v) is 2.92. The smallest absolute Gasteiger partial charge is 0.0876 e. The lowest BCUT2D eigenvalue weighted by Crippen LogP contribution is -2.27. The summed E-state index contributed by atoms with van der Waals surface area (Å²) < 4.78 is 5.26. The monoisotopic (exact) mass is 155 g/mol. The van der Waals surface area contributed by atoms with Gasteiger partial charge in [0.25, 0.3) is 0 Å². The molecule has 1 atom stereocenters. The van der Waals surface area contributed by atoms with E-state index in [0.29, 0.717) is 6.04 Å². The van der Waals surface area contributed by atoms with Gasteiger partial charge in [-0.1, -0.05) is 6.92 Å². The summed E-state index contributed by atoms with van der Waals surface area (Å²) in [5.41, 5.74) is 1.42. The van der Waals surface area contributed by atoms with Crippen molar-refractivity contribution in [3.63, 3.8) is 0 Å². The van der Waals surface area contributed by atoms with Gasteiger partial charge in [0.05, 0.1) is 12.9 Å². The Kier molecular flexibility index (Phi) is 3.43. The third-order valence-corrected chi connectivity index (χ3v) is 2.17. The van der Waals surface area contributed by atoms with Crippen molar-refractivity contribution in [1.29, 1.82) is 0 Å². The van der Waals surface area contributed by atoms with Crippen molar-refractivity contribution < 1.29 is 4.74 Å². The zero-order chi connectivity index (χ0) is 8.10. The van der Waals surface area contributed by atoms with E-state index in [1.807, 2.05) is 13.3 Å². The van der Waals surface area contributed by atoms with E-state index >= 15 is 0 Å². The first-order valence-electron chi connectivity index (χ1n) is 4.36. The first-order chi connectivity index (χ1) is 5.38. The SMILES string of the molecule is CCC(NC)C1=COCCC1. The number of hydrogen-bond donors (Lipinski definition) is 1. The van der Waals surface area contributed by atoms with Crippen LogP contribution in [0.3, 0.4) is 0 Å². The lowest BCUT2D eigenvalue weighted by atomic mass is 10.0. The third kappa shape index (κ3) is 2.22. The third-order valence-electron chi connectivity index (χ3n) is 2.17. The highest BCUT2D eigenvalue weighted by Crippen LogP contribution is 2.16. The minimum absolute atomic E-state index is 0.523. The molecule has 0 spiro atoms. The lowest BCUT2D eigenvalue weighted by molar-refractivity contribution is 0.219. The van der Waals surface area contributed by atoms with Crippen LogP contribution in [-0.4, -0.2) is 19.7 Å². The molecule has 1 aliphatic heterocycles. The molecule has 2 nitrogen and oxygen atoms in total. The van der Waals surface area contributed by atoms with E-state index in [2.05, 4.69) is 12.2 Å². The maximum atomic E-state index is 5.26. The molecule has 0 saturated carbocycles. The highest BCUT2D eigenvalue weighted by atomic mass is 16.5. The maximum absolute atomic E-state index is 5.26. The van der Waals surface area contributed by atoms with Crippen LogP contribution in [0.1, 0.15) is 26.2 Å². The Morgan fingerprint density at radius 2 is 2.55 bits per heavy atom. The molecule has 0 amide bonds. The van der Waals surface area contributed by atoms with Crippen LogP contribution in [0.15, 0.2) is 11.8 Å². The van der Waals surface area contributed by atoms with Gasteiger partial charge >= 0.3 is 0 Å². The van der Waals surface area contributed by atoms with Crippen molar-refractivity contribution in [1.82, 2.24) is 5.32 Å². The molecule has 0 aromatic rings. The molecule has 11 heavy (non-hydrogen) atoms. The van der Waals surface area contributed by atoms with Crippen molar-refractivity contribution >= 4 is 0 Å². The van der Waals surface area contributed by atoms with Crippen LogP contribution in [0, 0.1) is 0 Å². The van der Waals surface area contributed by atoms with Crippen molar-refractivity contribution in [2.45, 2.75) is 32.2 Å². The van der Waals surface area contributed by atoms with E-state index in [4.69, 9.17) is 4.74 Å². The highest BCUT2D eigenvalue weighted by molar-refractivity contribution is 5.09. The molecule has 0 saturated heterocycles. The van der Waals surface area contributed by atoms with E-state index in [1.165, 1.54) is 18.4 Å².